The zero-order valence-corrected chi connectivity index (χ0v) is 9.18. The van der Waals surface area contributed by atoms with Crippen LogP contribution in [0.2, 0.25) is 0 Å². The van der Waals surface area contributed by atoms with E-state index in [1.807, 2.05) is 27.0 Å². The predicted molar refractivity (Wildman–Crippen MR) is 57.5 cm³/mol. The van der Waals surface area contributed by atoms with Crippen LogP contribution in [0.25, 0.3) is 0 Å². The number of nitrogens with two attached hydrogens (primary N) is 1. The zero-order valence-electron chi connectivity index (χ0n) is 9.18. The fourth-order valence-corrected chi connectivity index (χ4v) is 0.845. The Morgan fingerprint density at radius 2 is 1.75 bits per heavy atom. The summed E-state index contributed by atoms with van der Waals surface area (Å²) in [6, 6.07) is 0. The van der Waals surface area contributed by atoms with Gasteiger partial charge in [-0.2, -0.15) is 0 Å². The third-order valence-corrected chi connectivity index (χ3v) is 1.35. The highest BCUT2D eigenvalue weighted by atomic mass is 14.7. The summed E-state index contributed by atoms with van der Waals surface area (Å²) >= 11 is 0. The van der Waals surface area contributed by atoms with Gasteiger partial charge in [0, 0.05) is 19.0 Å². The van der Waals surface area contributed by atoms with Crippen LogP contribution in [0.3, 0.4) is 0 Å². The molecule has 0 spiro atoms. The monoisotopic (exact) mass is 170 g/mol. The molecule has 0 unspecified atom stereocenters. The van der Waals surface area contributed by atoms with Gasteiger partial charge in [-0.25, -0.2) is 0 Å². The summed E-state index contributed by atoms with van der Waals surface area (Å²) in [5, 5.41) is 0. The maximum atomic E-state index is 5.61. The van der Waals surface area contributed by atoms with Gasteiger partial charge in [-0.3, -0.25) is 4.99 Å². The van der Waals surface area contributed by atoms with Crippen LogP contribution < -0.4 is 5.73 Å². The molecule has 12 heavy (non-hydrogen) atoms. The Balaban J connectivity index is 0. The first kappa shape index (κ1) is 13.8. The lowest BCUT2D eigenvalue weighted by Crippen LogP contribution is -2.05. The summed E-state index contributed by atoms with van der Waals surface area (Å²) in [5.74, 6) is 0.466. The van der Waals surface area contributed by atoms with Crippen LogP contribution in [-0.4, -0.2) is 13.3 Å². The molecule has 0 atom stereocenters. The van der Waals surface area contributed by atoms with Gasteiger partial charge in [-0.15, -0.1) is 0 Å². The lowest BCUT2D eigenvalue weighted by Gasteiger charge is -2.06. The molecular formula is C10H22N2. The fourth-order valence-electron chi connectivity index (χ4n) is 0.845. The Bertz CT molecular complexity index is 151. The normalized spacial score (nSPS) is 12.6. The topological polar surface area (TPSA) is 38.4 Å². The average molecular weight is 170 g/mol. The maximum absolute atomic E-state index is 5.61. The number of allylic oxidation sites excluding steroid dienone is 2. The number of aliphatic imine (C=N–C) groups is 1. The molecule has 0 rings (SSSR count). The first-order valence-electron chi connectivity index (χ1n) is 4.48. The van der Waals surface area contributed by atoms with Gasteiger partial charge in [-0.1, -0.05) is 27.7 Å². The van der Waals surface area contributed by atoms with Crippen molar-refractivity contribution in [2.24, 2.45) is 16.6 Å². The summed E-state index contributed by atoms with van der Waals surface area (Å²) in [6.07, 6.45) is 1.82. The Morgan fingerprint density at radius 1 is 1.33 bits per heavy atom. The fraction of sp³-hybridized carbons (Fsp3) is 0.700. The van der Waals surface area contributed by atoms with Crippen LogP contribution in [0.1, 0.15) is 34.6 Å². The molecule has 2 nitrogen and oxygen atoms in total. The number of hydrogen-bond donors (Lipinski definition) is 1. The highest BCUT2D eigenvalue weighted by Crippen LogP contribution is 2.08. The van der Waals surface area contributed by atoms with Gasteiger partial charge in [0.15, 0.2) is 0 Å². The number of rotatable bonds is 2. The van der Waals surface area contributed by atoms with Crippen molar-refractivity contribution in [1.82, 2.24) is 0 Å². The van der Waals surface area contributed by atoms with Gasteiger partial charge in [0.2, 0.25) is 0 Å². The van der Waals surface area contributed by atoms with E-state index in [4.69, 9.17) is 5.73 Å². The minimum Gasteiger partial charge on any atom is -0.402 e. The molecule has 72 valence electrons. The van der Waals surface area contributed by atoms with Crippen molar-refractivity contribution in [3.8, 4) is 0 Å². The van der Waals surface area contributed by atoms with Gasteiger partial charge in [0.1, 0.15) is 0 Å². The van der Waals surface area contributed by atoms with E-state index >= 15 is 0 Å². The molecule has 0 saturated heterocycles. The summed E-state index contributed by atoms with van der Waals surface area (Å²) in [5.41, 5.74) is 7.60. The molecule has 0 amide bonds. The summed E-state index contributed by atoms with van der Waals surface area (Å²) in [4.78, 5) is 3.92. The first-order valence-corrected chi connectivity index (χ1v) is 4.48. The quantitative estimate of drug-likeness (QED) is 0.636. The van der Waals surface area contributed by atoms with Gasteiger partial charge < -0.3 is 5.73 Å². The van der Waals surface area contributed by atoms with Gasteiger partial charge in [-0.05, 0) is 18.4 Å². The van der Waals surface area contributed by atoms with Crippen LogP contribution in [0.15, 0.2) is 16.3 Å². The predicted octanol–water partition coefficient (Wildman–Crippen LogP) is 2.60. The van der Waals surface area contributed by atoms with Crippen molar-refractivity contribution in [1.29, 1.82) is 0 Å². The van der Waals surface area contributed by atoms with E-state index in [-0.39, 0.29) is 0 Å². The summed E-state index contributed by atoms with van der Waals surface area (Å²) in [6.45, 7) is 10.1. The van der Waals surface area contributed by atoms with E-state index in [1.165, 1.54) is 0 Å². The Morgan fingerprint density at radius 3 is 1.83 bits per heavy atom. The molecule has 0 heterocycles. The Kier molecular flexibility index (Phi) is 9.54. The average Bonchev–Trinajstić information content (AvgIpc) is 2.03. The molecule has 0 aliphatic rings. The highest BCUT2D eigenvalue weighted by molar-refractivity contribution is 5.79. The van der Waals surface area contributed by atoms with E-state index in [2.05, 4.69) is 18.8 Å². The largest absolute Gasteiger partial charge is 0.402 e. The third kappa shape index (κ3) is 5.96. The van der Waals surface area contributed by atoms with E-state index in [0.29, 0.717) is 5.92 Å². The molecule has 2 heteroatoms. The van der Waals surface area contributed by atoms with Crippen molar-refractivity contribution in [3.05, 3.63) is 11.3 Å². The molecule has 0 aromatic carbocycles. The van der Waals surface area contributed by atoms with Gasteiger partial charge in [0.05, 0.1) is 0 Å². The minimum atomic E-state index is 0.466. The molecule has 0 bridgehead atoms. The molecule has 0 saturated carbocycles. The maximum Gasteiger partial charge on any atom is 0.0277 e. The minimum absolute atomic E-state index is 0.466. The SMILES string of the molecule is CC.CN=C/C(=C(/C)N)C(C)C. The molecule has 2 N–H and O–H groups in total. The van der Waals surface area contributed by atoms with Crippen molar-refractivity contribution >= 4 is 6.21 Å². The Hall–Kier alpha value is -0.790. The van der Waals surface area contributed by atoms with Crippen LogP contribution in [0.5, 0.6) is 0 Å². The van der Waals surface area contributed by atoms with Gasteiger partial charge in [0.25, 0.3) is 0 Å². The molecular weight excluding hydrogens is 148 g/mol. The summed E-state index contributed by atoms with van der Waals surface area (Å²) in [7, 11) is 1.76. The standard InChI is InChI=1S/C8H16N2.C2H6/c1-6(2)8(5-10-4)7(3)9;1-2/h5-6H,9H2,1-4H3;1-2H3/b8-7+,10-5?;. The Labute approximate surface area is 76.6 Å². The molecule has 0 aliphatic carbocycles. The molecule has 0 radical (unpaired) electrons. The molecule has 0 aromatic heterocycles. The number of hydrogen-bond acceptors (Lipinski definition) is 2. The third-order valence-electron chi connectivity index (χ3n) is 1.35. The van der Waals surface area contributed by atoms with E-state index in [0.717, 1.165) is 11.3 Å². The molecule has 0 fully saturated rings. The molecule has 0 aliphatic heterocycles. The van der Waals surface area contributed by atoms with Crippen LogP contribution in [0.4, 0.5) is 0 Å². The van der Waals surface area contributed by atoms with Gasteiger partial charge >= 0.3 is 0 Å². The van der Waals surface area contributed by atoms with Crippen LogP contribution in [0, 0.1) is 5.92 Å². The highest BCUT2D eigenvalue weighted by Gasteiger charge is 2.00. The second-order valence-corrected chi connectivity index (χ2v) is 2.68. The smallest absolute Gasteiger partial charge is 0.0277 e. The van der Waals surface area contributed by atoms with E-state index in [1.54, 1.807) is 7.05 Å². The first-order chi connectivity index (χ1) is 5.59. The lowest BCUT2D eigenvalue weighted by molar-refractivity contribution is 0.792. The summed E-state index contributed by atoms with van der Waals surface area (Å²) < 4.78 is 0. The lowest BCUT2D eigenvalue weighted by atomic mass is 10.0. The van der Waals surface area contributed by atoms with Crippen molar-refractivity contribution < 1.29 is 0 Å². The van der Waals surface area contributed by atoms with Crippen molar-refractivity contribution in [2.75, 3.05) is 7.05 Å². The van der Waals surface area contributed by atoms with E-state index in [9.17, 15) is 0 Å². The van der Waals surface area contributed by atoms with Crippen LogP contribution in [-0.2, 0) is 0 Å². The van der Waals surface area contributed by atoms with Crippen LogP contribution >= 0.6 is 0 Å². The molecule has 0 aromatic rings. The van der Waals surface area contributed by atoms with Crippen molar-refractivity contribution in [3.63, 3.8) is 0 Å². The number of nitrogens with zero attached hydrogens (tertiary/aromatic N) is 1. The second kappa shape index (κ2) is 8.31. The zero-order chi connectivity index (χ0) is 10.1. The van der Waals surface area contributed by atoms with E-state index < -0.39 is 0 Å². The second-order valence-electron chi connectivity index (χ2n) is 2.68. The van der Waals surface area contributed by atoms with Crippen molar-refractivity contribution in [2.45, 2.75) is 34.6 Å².